The number of amides is 1. The lowest BCUT2D eigenvalue weighted by Gasteiger charge is -2.19. The van der Waals surface area contributed by atoms with Gasteiger partial charge in [0.25, 0.3) is 0 Å². The summed E-state index contributed by atoms with van der Waals surface area (Å²) in [6.07, 6.45) is 56.8. The average molecular weight is 666 g/mol. The molecule has 0 heterocycles. The number of carbonyl (C=O) groups excluding carboxylic acids is 1. The number of aliphatic hydroxyl groups excluding tert-OH is 2. The van der Waals surface area contributed by atoms with Gasteiger partial charge in [0.05, 0.1) is 18.8 Å². The Labute approximate surface area is 297 Å². The van der Waals surface area contributed by atoms with Gasteiger partial charge >= 0.3 is 0 Å². The predicted octanol–water partition coefficient (Wildman–Crippen LogP) is 12.1. The fraction of sp³-hybridized carbons (Fsp3) is 0.659. The Morgan fingerprint density at radius 2 is 0.938 bits per heavy atom. The van der Waals surface area contributed by atoms with Crippen LogP contribution < -0.4 is 5.32 Å². The Bertz CT molecular complexity index is 895. The summed E-state index contributed by atoms with van der Waals surface area (Å²) in [6, 6.07) is -0.648. The minimum atomic E-state index is -0.872. The lowest BCUT2D eigenvalue weighted by atomic mass is 10.0. The van der Waals surface area contributed by atoms with Crippen LogP contribution in [0.5, 0.6) is 0 Å². The van der Waals surface area contributed by atoms with E-state index in [1.54, 1.807) is 6.08 Å². The molecular formula is C44H75NO3. The normalized spacial score (nSPS) is 14.0. The van der Waals surface area contributed by atoms with E-state index in [1.165, 1.54) is 77.0 Å². The van der Waals surface area contributed by atoms with Crippen molar-refractivity contribution in [1.82, 2.24) is 5.32 Å². The van der Waals surface area contributed by atoms with Gasteiger partial charge in [-0.1, -0.05) is 170 Å². The van der Waals surface area contributed by atoms with E-state index in [0.717, 1.165) is 70.6 Å². The van der Waals surface area contributed by atoms with Gasteiger partial charge in [0.2, 0.25) is 5.91 Å². The first kappa shape index (κ1) is 45.6. The van der Waals surface area contributed by atoms with Crippen LogP contribution in [0.2, 0.25) is 0 Å². The highest BCUT2D eigenvalue weighted by Gasteiger charge is 2.17. The molecule has 0 aromatic carbocycles. The van der Waals surface area contributed by atoms with E-state index in [1.807, 2.05) is 6.08 Å². The summed E-state index contributed by atoms with van der Waals surface area (Å²) in [5.41, 5.74) is 0. The van der Waals surface area contributed by atoms with Gasteiger partial charge in [0.1, 0.15) is 0 Å². The van der Waals surface area contributed by atoms with Gasteiger partial charge < -0.3 is 15.5 Å². The van der Waals surface area contributed by atoms with Crippen molar-refractivity contribution >= 4 is 5.91 Å². The van der Waals surface area contributed by atoms with Crippen molar-refractivity contribution in [2.45, 2.75) is 180 Å². The van der Waals surface area contributed by atoms with Gasteiger partial charge in [-0.25, -0.2) is 0 Å². The molecule has 0 saturated carbocycles. The third-order valence-corrected chi connectivity index (χ3v) is 8.32. The van der Waals surface area contributed by atoms with Crippen molar-refractivity contribution in [3.63, 3.8) is 0 Å². The highest BCUT2D eigenvalue weighted by atomic mass is 16.3. The standard InChI is InChI=1S/C44H75NO3/c1-3-5-7-9-11-13-15-16-17-18-19-20-21-22-23-24-25-26-27-28-30-32-34-36-38-40-44(48)45-42(41-46)43(47)39-37-35-33-31-29-14-12-10-8-6-4-2/h5,7-8,10-11,13,16-17,19-20,29,31,37,39,42-43,46-47H,3-4,6,9,12,14-15,18,21-28,30,32-36,38,40-41H2,1-2H3,(H,45,48)/b7-5-,10-8+,13-11-,17-16-,20-19-,31-29+,39-37+. The van der Waals surface area contributed by atoms with Crippen LogP contribution in [0.1, 0.15) is 168 Å². The molecule has 4 nitrogen and oxygen atoms in total. The fourth-order valence-electron chi connectivity index (χ4n) is 5.32. The van der Waals surface area contributed by atoms with Crippen molar-refractivity contribution in [3.05, 3.63) is 85.1 Å². The number of hydrogen-bond acceptors (Lipinski definition) is 3. The molecule has 0 bridgehead atoms. The zero-order valence-corrected chi connectivity index (χ0v) is 31.2. The van der Waals surface area contributed by atoms with Crippen molar-refractivity contribution in [1.29, 1.82) is 0 Å². The molecule has 2 unspecified atom stereocenters. The van der Waals surface area contributed by atoms with Crippen molar-refractivity contribution in [2.75, 3.05) is 6.61 Å². The number of carbonyl (C=O) groups is 1. The van der Waals surface area contributed by atoms with Crippen molar-refractivity contribution in [3.8, 4) is 0 Å². The number of rotatable bonds is 34. The molecule has 274 valence electrons. The van der Waals surface area contributed by atoms with Gasteiger partial charge in [0.15, 0.2) is 0 Å². The van der Waals surface area contributed by atoms with Gasteiger partial charge in [-0.15, -0.1) is 0 Å². The molecular weight excluding hydrogens is 590 g/mol. The van der Waals surface area contributed by atoms with E-state index in [-0.39, 0.29) is 12.5 Å². The summed E-state index contributed by atoms with van der Waals surface area (Å²) < 4.78 is 0. The van der Waals surface area contributed by atoms with E-state index in [2.05, 4.69) is 92.1 Å². The van der Waals surface area contributed by atoms with Crippen LogP contribution in [-0.4, -0.2) is 34.9 Å². The molecule has 0 aromatic heterocycles. The van der Waals surface area contributed by atoms with Crippen molar-refractivity contribution < 1.29 is 15.0 Å². The molecule has 0 aromatic rings. The predicted molar refractivity (Wildman–Crippen MR) is 211 cm³/mol. The molecule has 0 aliphatic heterocycles. The maximum Gasteiger partial charge on any atom is 0.220 e. The van der Waals surface area contributed by atoms with Crippen molar-refractivity contribution in [2.24, 2.45) is 0 Å². The lowest BCUT2D eigenvalue weighted by molar-refractivity contribution is -0.123. The summed E-state index contributed by atoms with van der Waals surface area (Å²) in [4.78, 5) is 12.3. The summed E-state index contributed by atoms with van der Waals surface area (Å²) >= 11 is 0. The Hall–Kier alpha value is -2.43. The topological polar surface area (TPSA) is 69.6 Å². The molecule has 0 spiro atoms. The van der Waals surface area contributed by atoms with Crippen LogP contribution >= 0.6 is 0 Å². The maximum atomic E-state index is 12.3. The molecule has 0 aliphatic rings. The highest BCUT2D eigenvalue weighted by molar-refractivity contribution is 5.76. The summed E-state index contributed by atoms with van der Waals surface area (Å²) in [5.74, 6) is -0.0871. The zero-order valence-electron chi connectivity index (χ0n) is 31.2. The molecule has 0 aliphatic carbocycles. The van der Waals surface area contributed by atoms with Gasteiger partial charge in [-0.05, 0) is 77.0 Å². The number of aliphatic hydroxyl groups is 2. The second-order valence-electron chi connectivity index (χ2n) is 12.9. The summed E-state index contributed by atoms with van der Waals surface area (Å²) in [5, 5.41) is 22.8. The molecule has 3 N–H and O–H groups in total. The highest BCUT2D eigenvalue weighted by Crippen LogP contribution is 2.13. The molecule has 4 heteroatoms. The Balaban J connectivity index is 3.61. The largest absolute Gasteiger partial charge is 0.394 e. The SMILES string of the molecule is CC/C=C\C/C=C\C/C=C\C/C=C\CCCCCCCCCCCCCCC(=O)NC(CO)C(O)/C=C/CC/C=C/CC/C=C/CCC. The maximum absolute atomic E-state index is 12.3. The Morgan fingerprint density at radius 3 is 1.44 bits per heavy atom. The van der Waals surface area contributed by atoms with Crippen LogP contribution in [0.25, 0.3) is 0 Å². The second kappa shape index (κ2) is 39.0. The number of unbranched alkanes of at least 4 members (excludes halogenated alkanes) is 15. The number of nitrogens with one attached hydrogen (secondary N) is 1. The van der Waals surface area contributed by atoms with E-state index in [9.17, 15) is 15.0 Å². The quantitative estimate of drug-likeness (QED) is 0.0473. The Morgan fingerprint density at radius 1 is 0.521 bits per heavy atom. The molecule has 0 fully saturated rings. The molecule has 0 radical (unpaired) electrons. The third-order valence-electron chi connectivity index (χ3n) is 8.32. The van der Waals surface area contributed by atoms with Crippen LogP contribution in [0.15, 0.2) is 85.1 Å². The summed E-state index contributed by atoms with van der Waals surface area (Å²) in [7, 11) is 0. The molecule has 48 heavy (non-hydrogen) atoms. The molecule has 1 amide bonds. The average Bonchev–Trinajstić information content (AvgIpc) is 3.09. The van der Waals surface area contributed by atoms with E-state index in [0.29, 0.717) is 6.42 Å². The number of allylic oxidation sites excluding steroid dienone is 13. The first-order valence-corrected chi connectivity index (χ1v) is 19.8. The first-order chi connectivity index (χ1) is 23.7. The third kappa shape index (κ3) is 34.9. The zero-order chi connectivity index (χ0) is 35.0. The Kier molecular flexibility index (Phi) is 37.0. The smallest absolute Gasteiger partial charge is 0.220 e. The molecule has 0 saturated heterocycles. The van der Waals surface area contributed by atoms with E-state index in [4.69, 9.17) is 0 Å². The van der Waals surface area contributed by atoms with Gasteiger partial charge in [-0.2, -0.15) is 0 Å². The van der Waals surface area contributed by atoms with Gasteiger partial charge in [0, 0.05) is 6.42 Å². The molecule has 0 rings (SSSR count). The van der Waals surface area contributed by atoms with Crippen LogP contribution in [0.3, 0.4) is 0 Å². The first-order valence-electron chi connectivity index (χ1n) is 19.8. The number of hydrogen-bond donors (Lipinski definition) is 3. The molecule has 2 atom stereocenters. The monoisotopic (exact) mass is 666 g/mol. The van der Waals surface area contributed by atoms with Crippen LogP contribution in [-0.2, 0) is 4.79 Å². The minimum Gasteiger partial charge on any atom is -0.394 e. The van der Waals surface area contributed by atoms with E-state index < -0.39 is 12.1 Å². The second-order valence-corrected chi connectivity index (χ2v) is 12.9. The van der Waals surface area contributed by atoms with Crippen LogP contribution in [0.4, 0.5) is 0 Å². The van der Waals surface area contributed by atoms with Crippen LogP contribution in [0, 0.1) is 0 Å². The van der Waals surface area contributed by atoms with Gasteiger partial charge in [-0.3, -0.25) is 4.79 Å². The minimum absolute atomic E-state index is 0.0871. The van der Waals surface area contributed by atoms with E-state index >= 15 is 0 Å². The lowest BCUT2D eigenvalue weighted by Crippen LogP contribution is -2.45. The fourth-order valence-corrected chi connectivity index (χ4v) is 5.32. The summed E-state index contributed by atoms with van der Waals surface area (Å²) in [6.45, 7) is 4.09.